The quantitative estimate of drug-likeness (QED) is 0.237. The van der Waals surface area contributed by atoms with E-state index in [2.05, 4.69) is 86.2 Å². The van der Waals surface area contributed by atoms with Crippen LogP contribution >= 0.6 is 10.7 Å². The molecule has 5 rings (SSSR count). The topological polar surface area (TPSA) is 56.0 Å². The van der Waals surface area contributed by atoms with Crippen molar-refractivity contribution < 1.29 is 4.79 Å². The highest BCUT2D eigenvalue weighted by atomic mass is 32.2. The number of anilines is 2. The zero-order valence-electron chi connectivity index (χ0n) is 22.1. The number of carbonyl (C=O) groups is 1. The van der Waals surface area contributed by atoms with Crippen molar-refractivity contribution in [3.8, 4) is 0 Å². The third kappa shape index (κ3) is 5.95. The molecule has 2 aliphatic heterocycles. The van der Waals surface area contributed by atoms with Crippen LogP contribution in [-0.2, 0) is 0 Å². The molecule has 1 unspecified atom stereocenters. The summed E-state index contributed by atoms with van der Waals surface area (Å²) in [6.45, 7) is 5.93. The minimum Gasteiger partial charge on any atom is -0.398 e. The number of nitrogens with zero attached hydrogens (tertiary/aromatic N) is 4. The molecule has 1 amide bonds. The van der Waals surface area contributed by atoms with Crippen molar-refractivity contribution in [3.63, 3.8) is 0 Å². The van der Waals surface area contributed by atoms with Crippen LogP contribution in [0.2, 0.25) is 0 Å². The van der Waals surface area contributed by atoms with Gasteiger partial charge in [-0.25, -0.2) is 0 Å². The summed E-state index contributed by atoms with van der Waals surface area (Å²) in [5.74, 6) is 1.29. The van der Waals surface area contributed by atoms with Gasteiger partial charge in [0.15, 0.2) is 0 Å². The maximum absolute atomic E-state index is 12.7. The highest BCUT2D eigenvalue weighted by Gasteiger charge is 2.28. The van der Waals surface area contributed by atoms with Crippen molar-refractivity contribution in [1.82, 2.24) is 14.7 Å². The summed E-state index contributed by atoms with van der Waals surface area (Å²) < 4.78 is 2.50. The maximum atomic E-state index is 12.7. The normalized spacial score (nSPS) is 17.7. The number of unbranched alkanes of at least 4 members (excludes halogenated alkanes) is 1. The zero-order valence-corrected chi connectivity index (χ0v) is 22.9. The molecule has 3 aromatic carbocycles. The molecular weight excluding hydrogens is 490 g/mol. The molecule has 1 atom stereocenters. The summed E-state index contributed by atoms with van der Waals surface area (Å²) in [5.41, 5.74) is 8.34. The Morgan fingerprint density at radius 1 is 0.868 bits per heavy atom. The van der Waals surface area contributed by atoms with Crippen LogP contribution < -0.4 is 10.0 Å². The van der Waals surface area contributed by atoms with Crippen LogP contribution in [0.25, 0.3) is 0 Å². The molecule has 2 aliphatic rings. The number of para-hydroxylation sites is 2. The first-order valence-electron chi connectivity index (χ1n) is 13.4. The number of amides is 1. The van der Waals surface area contributed by atoms with Gasteiger partial charge < -0.3 is 15.5 Å². The number of nitrogen functional groups attached to an aromatic ring is 1. The lowest BCUT2D eigenvalue weighted by Crippen LogP contribution is -2.48. The molecule has 6 nitrogen and oxygen atoms in total. The molecule has 0 saturated carbocycles. The van der Waals surface area contributed by atoms with Gasteiger partial charge in [-0.05, 0) is 67.2 Å². The second kappa shape index (κ2) is 12.3. The van der Waals surface area contributed by atoms with Gasteiger partial charge >= 0.3 is 0 Å². The fraction of sp³-hybridized carbons (Fsp3) is 0.290. The van der Waals surface area contributed by atoms with Gasteiger partial charge in [-0.2, -0.15) is 0 Å². The van der Waals surface area contributed by atoms with Crippen molar-refractivity contribution in [2.24, 2.45) is 0 Å². The van der Waals surface area contributed by atoms with E-state index in [4.69, 9.17) is 5.73 Å². The van der Waals surface area contributed by atoms with E-state index in [0.29, 0.717) is 11.3 Å². The van der Waals surface area contributed by atoms with Crippen LogP contribution in [0, 0.1) is 0 Å². The molecule has 0 radical (unpaired) electrons. The predicted octanol–water partition coefficient (Wildman–Crippen LogP) is 5.15. The Bertz CT molecular complexity index is 1290. The Balaban J connectivity index is 1.12. The Morgan fingerprint density at radius 3 is 2.24 bits per heavy atom. The molecule has 2 N–H and O–H groups in total. The Morgan fingerprint density at radius 2 is 1.53 bits per heavy atom. The van der Waals surface area contributed by atoms with Gasteiger partial charge in [0.25, 0.3) is 5.91 Å². The van der Waals surface area contributed by atoms with E-state index in [0.717, 1.165) is 52.1 Å². The molecule has 0 bridgehead atoms. The summed E-state index contributed by atoms with van der Waals surface area (Å²) in [5, 5.41) is 2.35. The first kappa shape index (κ1) is 26.1. The van der Waals surface area contributed by atoms with Crippen molar-refractivity contribution in [2.75, 3.05) is 56.4 Å². The van der Waals surface area contributed by atoms with E-state index in [1.54, 1.807) is 17.0 Å². The molecule has 1 saturated heterocycles. The minimum absolute atomic E-state index is 0.00385. The lowest BCUT2D eigenvalue weighted by molar-refractivity contribution is 0.0791. The van der Waals surface area contributed by atoms with Crippen molar-refractivity contribution in [1.29, 1.82) is 0 Å². The third-order valence-corrected chi connectivity index (χ3v) is 9.12. The smallest absolute Gasteiger partial charge is 0.255 e. The molecule has 38 heavy (non-hydrogen) atoms. The SMILES string of the molecule is CN(CCCCN1CCN(C2=CC=S(c3ccccc3)N2c2ccccc2)CC1)C(=O)c1ccccc1N. The fourth-order valence-electron chi connectivity index (χ4n) is 5.03. The third-order valence-electron chi connectivity index (χ3n) is 7.18. The first-order chi connectivity index (χ1) is 18.6. The van der Waals surface area contributed by atoms with E-state index in [1.165, 1.54) is 16.4 Å². The molecule has 2 heterocycles. The summed E-state index contributed by atoms with van der Waals surface area (Å²) in [4.78, 5) is 20.9. The number of nitrogens with two attached hydrogens (primary N) is 1. The highest BCUT2D eigenvalue weighted by Crippen LogP contribution is 2.42. The average Bonchev–Trinajstić information content (AvgIpc) is 3.42. The van der Waals surface area contributed by atoms with E-state index in [-0.39, 0.29) is 16.6 Å². The van der Waals surface area contributed by atoms with Gasteiger partial charge in [-0.3, -0.25) is 14.0 Å². The van der Waals surface area contributed by atoms with Gasteiger partial charge in [0, 0.05) is 50.4 Å². The number of rotatable bonds is 9. The van der Waals surface area contributed by atoms with Crippen molar-refractivity contribution in [3.05, 3.63) is 102 Å². The van der Waals surface area contributed by atoms with E-state index in [9.17, 15) is 4.79 Å². The number of piperazine rings is 1. The summed E-state index contributed by atoms with van der Waals surface area (Å²) in [6, 6.07) is 28.8. The van der Waals surface area contributed by atoms with Crippen molar-refractivity contribution in [2.45, 2.75) is 17.7 Å². The van der Waals surface area contributed by atoms with Crippen LogP contribution in [0.4, 0.5) is 11.4 Å². The maximum Gasteiger partial charge on any atom is 0.255 e. The Labute approximate surface area is 229 Å². The van der Waals surface area contributed by atoms with Crippen LogP contribution in [-0.4, -0.2) is 72.3 Å². The molecule has 3 aromatic rings. The number of carbonyl (C=O) groups excluding carboxylic acids is 1. The molecule has 0 aliphatic carbocycles. The molecule has 0 spiro atoms. The first-order valence-corrected chi connectivity index (χ1v) is 14.6. The summed E-state index contributed by atoms with van der Waals surface area (Å²) in [6.07, 6.45) is 4.37. The van der Waals surface area contributed by atoms with Gasteiger partial charge in [0.05, 0.1) is 11.3 Å². The van der Waals surface area contributed by atoms with Crippen LogP contribution in [0.5, 0.6) is 0 Å². The monoisotopic (exact) mass is 527 g/mol. The van der Waals surface area contributed by atoms with Gasteiger partial charge in [0.1, 0.15) is 5.82 Å². The van der Waals surface area contributed by atoms with Crippen molar-refractivity contribution >= 4 is 33.3 Å². The fourth-order valence-corrected chi connectivity index (χ4v) is 6.93. The predicted molar refractivity (Wildman–Crippen MR) is 160 cm³/mol. The number of hydrogen-bond acceptors (Lipinski definition) is 5. The van der Waals surface area contributed by atoms with Gasteiger partial charge in [-0.15, -0.1) is 0 Å². The summed E-state index contributed by atoms with van der Waals surface area (Å²) >= 11 is 0. The number of allylic oxidation sites excluding steroid dienone is 1. The number of benzene rings is 3. The summed E-state index contributed by atoms with van der Waals surface area (Å²) in [7, 11) is 1.73. The van der Waals surface area contributed by atoms with Gasteiger partial charge in [0.2, 0.25) is 0 Å². The van der Waals surface area contributed by atoms with Crippen LogP contribution in [0.1, 0.15) is 23.2 Å². The largest absolute Gasteiger partial charge is 0.398 e. The average molecular weight is 528 g/mol. The lowest BCUT2D eigenvalue weighted by Gasteiger charge is -2.40. The molecule has 7 heteroatoms. The Kier molecular flexibility index (Phi) is 8.46. The highest BCUT2D eigenvalue weighted by molar-refractivity contribution is 8.16. The molecule has 0 aromatic heterocycles. The van der Waals surface area contributed by atoms with Crippen LogP contribution in [0.15, 0.2) is 102 Å². The van der Waals surface area contributed by atoms with E-state index < -0.39 is 0 Å². The lowest BCUT2D eigenvalue weighted by atomic mass is 10.1. The van der Waals surface area contributed by atoms with Gasteiger partial charge in [-0.1, -0.05) is 59.2 Å². The van der Waals surface area contributed by atoms with E-state index >= 15 is 0 Å². The molecule has 1 fully saturated rings. The van der Waals surface area contributed by atoms with E-state index in [1.807, 2.05) is 19.2 Å². The molecular formula is C31H37N5OS. The van der Waals surface area contributed by atoms with Crippen LogP contribution in [0.3, 0.4) is 0 Å². The minimum atomic E-state index is -0.130. The second-order valence-corrected chi connectivity index (χ2v) is 11.5. The molecule has 198 valence electrons. The zero-order chi connectivity index (χ0) is 26.3. The second-order valence-electron chi connectivity index (χ2n) is 9.77. The standard InChI is InChI=1S/C31H37N5OS/c1-33(31(37)28-16-8-9-17-29(28)32)19-10-11-20-34-21-23-35(24-22-34)30-18-25-38(27-14-6-3-7-15-27)36(30)26-12-4-2-5-13-26/h2-9,12-18,25H,10-11,19-24,32H2,1H3. The Hall–Kier alpha value is -3.55. The number of hydrogen-bond donors (Lipinski definition) is 1.